The molecule has 0 saturated heterocycles. The molecule has 0 amide bonds. The summed E-state index contributed by atoms with van der Waals surface area (Å²) in [6.45, 7) is 13.5. The van der Waals surface area contributed by atoms with Gasteiger partial charge in [0, 0.05) is 28.1 Å². The number of ether oxygens (including phenoxy) is 3. The van der Waals surface area contributed by atoms with E-state index in [0.29, 0.717) is 0 Å². The lowest BCUT2D eigenvalue weighted by atomic mass is 10.2. The number of allylic oxidation sites excluding steroid dienone is 1. The molecule has 39 heavy (non-hydrogen) atoms. The van der Waals surface area contributed by atoms with Crippen LogP contribution in [0.25, 0.3) is 0 Å². The Morgan fingerprint density at radius 3 is 1.28 bits per heavy atom. The van der Waals surface area contributed by atoms with E-state index in [1.807, 2.05) is 60.8 Å². The predicted molar refractivity (Wildman–Crippen MR) is 153 cm³/mol. The van der Waals surface area contributed by atoms with E-state index in [9.17, 15) is 35.5 Å². The maximum atomic E-state index is 11.6. The lowest BCUT2D eigenvalue weighted by Gasteiger charge is -2.24. The fourth-order valence-corrected chi connectivity index (χ4v) is 0.923. The molecule has 1 aromatic rings. The van der Waals surface area contributed by atoms with E-state index in [0.717, 1.165) is 12.0 Å². The van der Waals surface area contributed by atoms with Crippen LogP contribution in [0.1, 0.15) is 34.6 Å². The molecule has 0 aliphatic rings. The number of hydrogen-bond donors (Lipinski definition) is 0. The molecule has 0 aliphatic carbocycles. The molecule has 13 heteroatoms. The minimum atomic E-state index is -6.20. The summed E-state index contributed by atoms with van der Waals surface area (Å²) >= 11 is 3.71. The van der Waals surface area contributed by atoms with Gasteiger partial charge in [-0.05, 0) is 43.1 Å². The molecule has 0 radical (unpaired) electrons. The number of methoxy groups -OCH3 is 2. The highest BCUT2D eigenvalue weighted by Gasteiger charge is 2.70. The Balaban J connectivity index is -0.0000000866. The molecule has 0 heterocycles. The molecule has 0 aliphatic heterocycles. The fraction of sp³-hybridized carbons (Fsp3) is 0.577. The number of rotatable bonds is 5. The number of thioether (sulfide) groups is 2. The van der Waals surface area contributed by atoms with Gasteiger partial charge in [0.2, 0.25) is 0 Å². The Morgan fingerprint density at radius 1 is 0.897 bits per heavy atom. The summed E-state index contributed by atoms with van der Waals surface area (Å²) < 4.78 is 92.8. The Kier molecular flexibility index (Phi) is 43.8. The van der Waals surface area contributed by atoms with Crippen LogP contribution in [0.4, 0.5) is 30.7 Å². The van der Waals surface area contributed by atoms with E-state index in [1.54, 1.807) is 27.4 Å². The number of alkyl halides is 7. The normalized spacial score (nSPS) is 9.46. The quantitative estimate of drug-likeness (QED) is 0.142. The smallest absolute Gasteiger partial charge is 0.459 e. The van der Waals surface area contributed by atoms with Gasteiger partial charge in [0.15, 0.2) is 0 Å². The van der Waals surface area contributed by atoms with Crippen molar-refractivity contribution in [3.8, 4) is 5.75 Å². The lowest BCUT2D eigenvalue weighted by Crippen LogP contribution is -2.50. The van der Waals surface area contributed by atoms with Gasteiger partial charge < -0.3 is 14.2 Å². The first-order valence-electron chi connectivity index (χ1n) is 11.0. The van der Waals surface area contributed by atoms with Gasteiger partial charge in [-0.1, -0.05) is 44.7 Å². The molecule has 0 N–H and O–H groups in total. The number of esters is 1. The zero-order valence-electron chi connectivity index (χ0n) is 24.5. The summed E-state index contributed by atoms with van der Waals surface area (Å²) in [5, 5.41) is 0. The van der Waals surface area contributed by atoms with Gasteiger partial charge in [0.25, 0.3) is 0 Å². The number of hydrogen-bond acceptors (Lipinski definition) is 6. The number of carbonyl (C=O) groups is 1. The standard InChI is InChI=1S/C7H8O.C4H3F7.C4H6O2.2C3H8S.C3H6.C2H6O/c1-8-7-5-3-2-4-6-7;1-2(5,6)3(7,8)4(9,10)11;1-3-6-4(2)5;2*1-3-4-2;2*1-3-2/h2-6H,1H3;1H3;3H,1H2,2H3;2*3H2,1-2H3;3H,1H2,2H3;1-2H3. The van der Waals surface area contributed by atoms with E-state index >= 15 is 0 Å². The Labute approximate surface area is 238 Å². The van der Waals surface area contributed by atoms with Crippen molar-refractivity contribution in [2.75, 3.05) is 45.3 Å². The molecule has 4 nitrogen and oxygen atoms in total. The molecule has 0 fully saturated rings. The summed E-state index contributed by atoms with van der Waals surface area (Å²) in [6.07, 6.45) is 0.841. The Morgan fingerprint density at radius 2 is 1.21 bits per heavy atom. The van der Waals surface area contributed by atoms with E-state index < -0.39 is 24.9 Å². The highest BCUT2D eigenvalue weighted by Crippen LogP contribution is 2.45. The maximum Gasteiger partial charge on any atom is 0.459 e. The first-order chi connectivity index (χ1) is 17.9. The topological polar surface area (TPSA) is 44.8 Å². The van der Waals surface area contributed by atoms with Crippen LogP contribution in [0.2, 0.25) is 0 Å². The average molecular weight is 619 g/mol. The van der Waals surface area contributed by atoms with Crippen LogP contribution in [0.5, 0.6) is 5.75 Å². The largest absolute Gasteiger partial charge is 0.497 e. The summed E-state index contributed by atoms with van der Waals surface area (Å²) in [5.74, 6) is -7.98. The molecule has 1 aromatic carbocycles. The SMILES string of the molecule is C=CC.C=COC(C)=O.CC(F)(F)C(F)(F)C(F)(F)F.CCSC.CCSC.COC.COc1ccccc1. The Bertz CT molecular complexity index is 617. The summed E-state index contributed by atoms with van der Waals surface area (Å²) in [7, 11) is 4.91. The van der Waals surface area contributed by atoms with Gasteiger partial charge in [-0.15, -0.1) is 6.58 Å². The number of para-hydroxylation sites is 1. The van der Waals surface area contributed by atoms with E-state index in [-0.39, 0.29) is 5.97 Å². The fourth-order valence-electron chi connectivity index (χ4n) is 0.923. The van der Waals surface area contributed by atoms with Crippen LogP contribution < -0.4 is 4.74 Å². The van der Waals surface area contributed by atoms with Gasteiger partial charge in [-0.2, -0.15) is 54.3 Å². The zero-order chi connectivity index (χ0) is 32.6. The summed E-state index contributed by atoms with van der Waals surface area (Å²) in [6, 6.07) is 9.68. The van der Waals surface area contributed by atoms with Crippen molar-refractivity contribution >= 4 is 29.5 Å². The van der Waals surface area contributed by atoms with Crippen molar-refractivity contribution in [1.29, 1.82) is 0 Å². The van der Waals surface area contributed by atoms with Crippen LogP contribution in [-0.4, -0.2) is 69.3 Å². The van der Waals surface area contributed by atoms with Crippen molar-refractivity contribution in [2.24, 2.45) is 0 Å². The first kappa shape index (κ1) is 50.0. The van der Waals surface area contributed by atoms with Crippen molar-refractivity contribution in [2.45, 2.75) is 52.6 Å². The minimum absolute atomic E-state index is 0.329. The first-order valence-corrected chi connectivity index (χ1v) is 13.8. The van der Waals surface area contributed by atoms with Crippen molar-refractivity contribution in [3.63, 3.8) is 0 Å². The zero-order valence-corrected chi connectivity index (χ0v) is 26.1. The molecule has 1 rings (SSSR count). The van der Waals surface area contributed by atoms with Gasteiger partial charge >= 0.3 is 24.0 Å². The summed E-state index contributed by atoms with van der Waals surface area (Å²) in [5.41, 5.74) is 0. The summed E-state index contributed by atoms with van der Waals surface area (Å²) in [4.78, 5) is 9.75. The molecule has 0 spiro atoms. The molecule has 234 valence electrons. The Hall–Kier alpha value is -1.86. The number of halogens is 7. The van der Waals surface area contributed by atoms with Crippen LogP contribution in [0.15, 0.2) is 55.8 Å². The number of benzene rings is 1. The third-order valence-electron chi connectivity index (χ3n) is 2.71. The van der Waals surface area contributed by atoms with Crippen molar-refractivity contribution in [1.82, 2.24) is 0 Å². The molecular weight excluding hydrogens is 573 g/mol. The molecular formula is C26H45F7O4S2. The third kappa shape index (κ3) is 43.4. The van der Waals surface area contributed by atoms with Gasteiger partial charge in [-0.3, -0.25) is 4.79 Å². The lowest BCUT2D eigenvalue weighted by molar-refractivity contribution is -0.349. The molecule has 0 bridgehead atoms. The van der Waals surface area contributed by atoms with Crippen LogP contribution in [0.3, 0.4) is 0 Å². The van der Waals surface area contributed by atoms with Crippen molar-refractivity contribution < 1.29 is 49.7 Å². The second kappa shape index (κ2) is 34.2. The second-order valence-electron chi connectivity index (χ2n) is 6.23. The highest BCUT2D eigenvalue weighted by atomic mass is 32.2. The van der Waals surface area contributed by atoms with E-state index in [4.69, 9.17) is 4.74 Å². The van der Waals surface area contributed by atoms with E-state index in [2.05, 4.69) is 49.0 Å². The van der Waals surface area contributed by atoms with Gasteiger partial charge in [-0.25, -0.2) is 0 Å². The molecule has 0 atom stereocenters. The van der Waals surface area contributed by atoms with Gasteiger partial charge in [0.05, 0.1) is 13.4 Å². The van der Waals surface area contributed by atoms with Crippen LogP contribution in [-0.2, 0) is 14.3 Å². The maximum absolute atomic E-state index is 11.6. The monoisotopic (exact) mass is 618 g/mol. The number of carbonyl (C=O) groups excluding carboxylic acids is 1. The predicted octanol–water partition coefficient (Wildman–Crippen LogP) is 9.42. The third-order valence-corrected chi connectivity index (χ3v) is 3.87. The average Bonchev–Trinajstić information content (AvgIpc) is 2.85. The molecule has 0 saturated carbocycles. The second-order valence-corrected chi connectivity index (χ2v) is 8.53. The van der Waals surface area contributed by atoms with Crippen molar-refractivity contribution in [3.05, 3.63) is 55.8 Å². The molecule has 0 unspecified atom stereocenters. The van der Waals surface area contributed by atoms with Crippen LogP contribution in [0, 0.1) is 0 Å². The molecule has 0 aromatic heterocycles. The van der Waals surface area contributed by atoms with E-state index in [1.165, 1.54) is 18.4 Å². The minimum Gasteiger partial charge on any atom is -0.497 e. The van der Waals surface area contributed by atoms with Crippen LogP contribution >= 0.6 is 23.5 Å². The highest BCUT2D eigenvalue weighted by molar-refractivity contribution is 7.98. The van der Waals surface area contributed by atoms with Gasteiger partial charge in [0.1, 0.15) is 5.75 Å².